The molecule has 2 aromatic rings. The Morgan fingerprint density at radius 2 is 1.63 bits per heavy atom. The SMILES string of the molecule is c1ccc(SC2CNCCN2c2ccccc2)cc1. The highest BCUT2D eigenvalue weighted by Gasteiger charge is 2.23. The molecule has 1 fully saturated rings. The van der Waals surface area contributed by atoms with E-state index >= 15 is 0 Å². The lowest BCUT2D eigenvalue weighted by molar-refractivity contribution is 0.564. The van der Waals surface area contributed by atoms with E-state index in [0.717, 1.165) is 19.6 Å². The smallest absolute Gasteiger partial charge is 0.0921 e. The molecule has 1 N–H and O–H groups in total. The molecular weight excluding hydrogens is 252 g/mol. The normalized spacial score (nSPS) is 19.4. The standard InChI is InChI=1S/C16H18N2S/c1-3-7-14(8-4-1)18-12-11-17-13-16(18)19-15-9-5-2-6-10-15/h1-10,16-17H,11-13H2. The molecule has 0 amide bonds. The Bertz CT molecular complexity index is 501. The van der Waals surface area contributed by atoms with E-state index in [-0.39, 0.29) is 0 Å². The molecule has 0 aromatic heterocycles. The molecule has 0 aliphatic carbocycles. The van der Waals surface area contributed by atoms with E-state index in [1.165, 1.54) is 10.6 Å². The third-order valence-electron chi connectivity index (χ3n) is 3.30. The van der Waals surface area contributed by atoms with E-state index in [2.05, 4.69) is 70.9 Å². The highest BCUT2D eigenvalue weighted by Crippen LogP contribution is 2.29. The highest BCUT2D eigenvalue weighted by atomic mass is 32.2. The van der Waals surface area contributed by atoms with Gasteiger partial charge in [0, 0.05) is 30.2 Å². The third-order valence-corrected chi connectivity index (χ3v) is 4.54. The van der Waals surface area contributed by atoms with Crippen LogP contribution in [0.4, 0.5) is 5.69 Å². The maximum Gasteiger partial charge on any atom is 0.0921 e. The van der Waals surface area contributed by atoms with Crippen LogP contribution in [0, 0.1) is 0 Å². The van der Waals surface area contributed by atoms with Crippen molar-refractivity contribution in [2.75, 3.05) is 24.5 Å². The fraction of sp³-hybridized carbons (Fsp3) is 0.250. The van der Waals surface area contributed by atoms with Crippen LogP contribution in [0.1, 0.15) is 0 Å². The van der Waals surface area contributed by atoms with Crippen LogP contribution >= 0.6 is 11.8 Å². The molecule has 1 aliphatic heterocycles. The zero-order valence-corrected chi connectivity index (χ0v) is 11.6. The fourth-order valence-electron chi connectivity index (χ4n) is 2.36. The summed E-state index contributed by atoms with van der Waals surface area (Å²) in [5.41, 5.74) is 1.32. The monoisotopic (exact) mass is 270 g/mol. The fourth-order valence-corrected chi connectivity index (χ4v) is 3.54. The van der Waals surface area contributed by atoms with E-state index in [0.29, 0.717) is 5.37 Å². The summed E-state index contributed by atoms with van der Waals surface area (Å²) >= 11 is 1.93. The second kappa shape index (κ2) is 6.13. The van der Waals surface area contributed by atoms with Crippen molar-refractivity contribution in [2.24, 2.45) is 0 Å². The van der Waals surface area contributed by atoms with E-state index in [1.807, 2.05) is 11.8 Å². The van der Waals surface area contributed by atoms with Crippen LogP contribution in [-0.4, -0.2) is 25.0 Å². The molecule has 2 aromatic carbocycles. The van der Waals surface area contributed by atoms with Gasteiger partial charge in [0.2, 0.25) is 0 Å². The van der Waals surface area contributed by atoms with Crippen LogP contribution in [0.3, 0.4) is 0 Å². The Balaban J connectivity index is 1.78. The Hall–Kier alpha value is -1.45. The molecule has 3 rings (SSSR count). The predicted octanol–water partition coefficient (Wildman–Crippen LogP) is 3.21. The van der Waals surface area contributed by atoms with Crippen molar-refractivity contribution in [1.29, 1.82) is 0 Å². The minimum Gasteiger partial charge on any atom is -0.357 e. The number of hydrogen-bond acceptors (Lipinski definition) is 3. The Kier molecular flexibility index (Phi) is 4.06. The van der Waals surface area contributed by atoms with Gasteiger partial charge in [0.25, 0.3) is 0 Å². The van der Waals surface area contributed by atoms with Crippen molar-refractivity contribution in [3.05, 3.63) is 60.7 Å². The zero-order valence-electron chi connectivity index (χ0n) is 10.8. The number of rotatable bonds is 3. The van der Waals surface area contributed by atoms with Crippen LogP contribution in [0.2, 0.25) is 0 Å². The minimum atomic E-state index is 0.457. The summed E-state index contributed by atoms with van der Waals surface area (Å²) in [6.07, 6.45) is 0. The van der Waals surface area contributed by atoms with Gasteiger partial charge < -0.3 is 10.2 Å². The maximum atomic E-state index is 3.49. The van der Waals surface area contributed by atoms with Crippen molar-refractivity contribution >= 4 is 17.4 Å². The summed E-state index contributed by atoms with van der Waals surface area (Å²) in [6, 6.07) is 21.3. The lowest BCUT2D eigenvalue weighted by Gasteiger charge is -2.37. The first-order valence-electron chi connectivity index (χ1n) is 6.67. The summed E-state index contributed by atoms with van der Waals surface area (Å²) in [7, 11) is 0. The third kappa shape index (κ3) is 3.11. The first kappa shape index (κ1) is 12.6. The van der Waals surface area contributed by atoms with Gasteiger partial charge in [-0.2, -0.15) is 0 Å². The molecule has 2 nitrogen and oxygen atoms in total. The van der Waals surface area contributed by atoms with E-state index in [9.17, 15) is 0 Å². The first-order valence-corrected chi connectivity index (χ1v) is 7.55. The van der Waals surface area contributed by atoms with Crippen molar-refractivity contribution in [3.8, 4) is 0 Å². The first-order chi connectivity index (χ1) is 9.43. The molecule has 0 spiro atoms. The summed E-state index contributed by atoms with van der Waals surface area (Å²) < 4.78 is 0. The number of piperazine rings is 1. The average molecular weight is 270 g/mol. The van der Waals surface area contributed by atoms with Gasteiger partial charge in [-0.25, -0.2) is 0 Å². The van der Waals surface area contributed by atoms with Crippen LogP contribution in [-0.2, 0) is 0 Å². The molecule has 0 saturated carbocycles. The summed E-state index contributed by atoms with van der Waals surface area (Å²) in [5.74, 6) is 0. The number of anilines is 1. The molecule has 1 unspecified atom stereocenters. The van der Waals surface area contributed by atoms with Gasteiger partial charge in [0.1, 0.15) is 0 Å². The van der Waals surface area contributed by atoms with Gasteiger partial charge in [-0.05, 0) is 24.3 Å². The molecule has 19 heavy (non-hydrogen) atoms. The Morgan fingerprint density at radius 1 is 0.947 bits per heavy atom. The van der Waals surface area contributed by atoms with Crippen LogP contribution in [0.15, 0.2) is 65.6 Å². The van der Waals surface area contributed by atoms with Crippen molar-refractivity contribution < 1.29 is 0 Å². The maximum absolute atomic E-state index is 3.49. The molecule has 0 radical (unpaired) electrons. The van der Waals surface area contributed by atoms with Gasteiger partial charge in [0.15, 0.2) is 0 Å². The topological polar surface area (TPSA) is 15.3 Å². The second-order valence-corrected chi connectivity index (χ2v) is 5.87. The summed E-state index contributed by atoms with van der Waals surface area (Å²) in [6.45, 7) is 3.14. The lowest BCUT2D eigenvalue weighted by atomic mass is 10.2. The number of thioether (sulfide) groups is 1. The Labute approximate surface area is 118 Å². The van der Waals surface area contributed by atoms with Gasteiger partial charge in [-0.15, -0.1) is 0 Å². The van der Waals surface area contributed by atoms with Crippen LogP contribution in [0.5, 0.6) is 0 Å². The Morgan fingerprint density at radius 3 is 2.37 bits per heavy atom. The van der Waals surface area contributed by atoms with Crippen LogP contribution in [0.25, 0.3) is 0 Å². The van der Waals surface area contributed by atoms with E-state index in [4.69, 9.17) is 0 Å². The zero-order chi connectivity index (χ0) is 12.9. The van der Waals surface area contributed by atoms with Crippen molar-refractivity contribution in [1.82, 2.24) is 5.32 Å². The predicted molar refractivity (Wildman–Crippen MR) is 82.7 cm³/mol. The van der Waals surface area contributed by atoms with Gasteiger partial charge in [-0.1, -0.05) is 48.2 Å². The molecular formula is C16H18N2S. The lowest BCUT2D eigenvalue weighted by Crippen LogP contribution is -2.49. The molecule has 1 saturated heterocycles. The van der Waals surface area contributed by atoms with E-state index < -0.39 is 0 Å². The molecule has 3 heteroatoms. The largest absolute Gasteiger partial charge is 0.357 e. The number of para-hydroxylation sites is 1. The van der Waals surface area contributed by atoms with Crippen LogP contribution < -0.4 is 10.2 Å². The summed E-state index contributed by atoms with van der Waals surface area (Å²) in [5, 5.41) is 3.95. The molecule has 1 heterocycles. The summed E-state index contributed by atoms with van der Waals surface area (Å²) in [4.78, 5) is 3.82. The quantitative estimate of drug-likeness (QED) is 0.922. The van der Waals surface area contributed by atoms with Gasteiger partial charge in [-0.3, -0.25) is 0 Å². The molecule has 1 aliphatic rings. The van der Waals surface area contributed by atoms with E-state index in [1.54, 1.807) is 0 Å². The van der Waals surface area contributed by atoms with Crippen molar-refractivity contribution in [3.63, 3.8) is 0 Å². The van der Waals surface area contributed by atoms with Crippen molar-refractivity contribution in [2.45, 2.75) is 10.3 Å². The average Bonchev–Trinajstić information content (AvgIpc) is 2.50. The second-order valence-electron chi connectivity index (χ2n) is 4.62. The highest BCUT2D eigenvalue weighted by molar-refractivity contribution is 8.00. The number of nitrogens with one attached hydrogen (secondary N) is 1. The molecule has 98 valence electrons. The number of nitrogens with zero attached hydrogens (tertiary/aromatic N) is 1. The number of benzene rings is 2. The molecule has 1 atom stereocenters. The minimum absolute atomic E-state index is 0.457. The number of hydrogen-bond donors (Lipinski definition) is 1. The molecule has 0 bridgehead atoms. The van der Waals surface area contributed by atoms with Gasteiger partial charge >= 0.3 is 0 Å². The van der Waals surface area contributed by atoms with Gasteiger partial charge in [0.05, 0.1) is 5.37 Å².